The van der Waals surface area contributed by atoms with E-state index in [-0.39, 0.29) is 5.69 Å². The highest BCUT2D eigenvalue weighted by Gasteiger charge is 2.13. The van der Waals surface area contributed by atoms with Gasteiger partial charge in [-0.1, -0.05) is 41.7 Å². The maximum Gasteiger partial charge on any atom is 0.279 e. The third kappa shape index (κ3) is 4.44. The number of amides is 1. The summed E-state index contributed by atoms with van der Waals surface area (Å²) in [5, 5.41) is 11.1. The van der Waals surface area contributed by atoms with Gasteiger partial charge in [0.05, 0.1) is 15.1 Å². The first kappa shape index (κ1) is 20.2. The number of non-ortho nitro benzene ring substituents is 1. The molecule has 7 nitrogen and oxygen atoms in total. The van der Waals surface area contributed by atoms with Crippen molar-refractivity contribution in [2.24, 2.45) is 4.99 Å². The summed E-state index contributed by atoms with van der Waals surface area (Å²) in [6.07, 6.45) is 1.69. The van der Waals surface area contributed by atoms with Gasteiger partial charge in [-0.25, -0.2) is 0 Å². The highest BCUT2D eigenvalue weighted by Crippen LogP contribution is 2.24. The Kier molecular flexibility index (Phi) is 5.72. The number of fused-ring (bicyclic) bond motifs is 1. The highest BCUT2D eigenvalue weighted by molar-refractivity contribution is 7.16. The normalized spacial score (nSPS) is 11.4. The number of allylic oxidation sites excluding steroid dienone is 1. The topological polar surface area (TPSA) is 86.7 Å². The standard InChI is InChI=1S/C23H17N3O4S/c1-2-13-25-20-12-11-17(26(28)29)15-21(20)31-23(25)24-22(27)16-7-6-10-19(14-16)30-18-8-4-3-5-9-18/h2-12,14-15H,1,13H2. The van der Waals surface area contributed by atoms with Gasteiger partial charge in [0.2, 0.25) is 0 Å². The first-order valence-corrected chi connectivity index (χ1v) is 10.2. The van der Waals surface area contributed by atoms with Crippen molar-refractivity contribution in [2.75, 3.05) is 0 Å². The molecule has 4 aromatic rings. The van der Waals surface area contributed by atoms with Crippen molar-refractivity contribution >= 4 is 33.1 Å². The maximum absolute atomic E-state index is 12.9. The third-order valence-electron chi connectivity index (χ3n) is 4.45. The van der Waals surface area contributed by atoms with Crippen LogP contribution in [-0.2, 0) is 6.54 Å². The van der Waals surface area contributed by atoms with Crippen molar-refractivity contribution in [3.05, 3.63) is 106 Å². The van der Waals surface area contributed by atoms with Gasteiger partial charge < -0.3 is 9.30 Å². The maximum atomic E-state index is 12.9. The molecule has 154 valence electrons. The fraction of sp³-hybridized carbons (Fsp3) is 0.0435. The molecule has 0 aliphatic rings. The minimum absolute atomic E-state index is 0.0110. The van der Waals surface area contributed by atoms with Crippen LogP contribution in [-0.4, -0.2) is 15.4 Å². The average Bonchev–Trinajstić information content (AvgIpc) is 3.11. The van der Waals surface area contributed by atoms with Crippen molar-refractivity contribution in [3.8, 4) is 11.5 Å². The Bertz CT molecular complexity index is 1360. The minimum Gasteiger partial charge on any atom is -0.457 e. The van der Waals surface area contributed by atoms with E-state index in [0.717, 1.165) is 5.52 Å². The number of hydrogen-bond acceptors (Lipinski definition) is 5. The van der Waals surface area contributed by atoms with Gasteiger partial charge in [0.1, 0.15) is 11.5 Å². The number of nitro benzene ring substituents is 1. The van der Waals surface area contributed by atoms with Crippen molar-refractivity contribution in [1.82, 2.24) is 4.57 Å². The molecule has 1 amide bonds. The first-order chi connectivity index (χ1) is 15.0. The molecule has 0 aliphatic heterocycles. The van der Waals surface area contributed by atoms with Crippen molar-refractivity contribution < 1.29 is 14.5 Å². The van der Waals surface area contributed by atoms with Gasteiger partial charge in [0, 0.05) is 24.2 Å². The number of para-hydroxylation sites is 1. The molecule has 0 saturated heterocycles. The lowest BCUT2D eigenvalue weighted by Crippen LogP contribution is -2.16. The van der Waals surface area contributed by atoms with E-state index >= 15 is 0 Å². The molecule has 4 rings (SSSR count). The first-order valence-electron chi connectivity index (χ1n) is 9.36. The molecule has 0 fully saturated rings. The van der Waals surface area contributed by atoms with E-state index in [4.69, 9.17) is 4.74 Å². The summed E-state index contributed by atoms with van der Waals surface area (Å²) in [6, 6.07) is 20.6. The summed E-state index contributed by atoms with van der Waals surface area (Å²) in [5.74, 6) is 0.759. The molecule has 0 N–H and O–H groups in total. The highest BCUT2D eigenvalue weighted by atomic mass is 32.1. The summed E-state index contributed by atoms with van der Waals surface area (Å²) in [5.41, 5.74) is 1.12. The Morgan fingerprint density at radius 3 is 2.61 bits per heavy atom. The number of rotatable bonds is 6. The third-order valence-corrected chi connectivity index (χ3v) is 5.49. The van der Waals surface area contributed by atoms with Gasteiger partial charge >= 0.3 is 0 Å². The summed E-state index contributed by atoms with van der Waals surface area (Å²) in [6.45, 7) is 4.17. The van der Waals surface area contributed by atoms with Gasteiger partial charge in [0.15, 0.2) is 4.80 Å². The van der Waals surface area contributed by atoms with Gasteiger partial charge in [-0.15, -0.1) is 6.58 Å². The van der Waals surface area contributed by atoms with Crippen LogP contribution in [0, 0.1) is 10.1 Å². The van der Waals surface area contributed by atoms with E-state index in [1.165, 1.54) is 23.5 Å². The average molecular weight is 431 g/mol. The smallest absolute Gasteiger partial charge is 0.279 e. The van der Waals surface area contributed by atoms with Crippen LogP contribution in [0.3, 0.4) is 0 Å². The summed E-state index contributed by atoms with van der Waals surface area (Å²) in [4.78, 5) is 28.2. The zero-order valence-corrected chi connectivity index (χ0v) is 17.1. The molecule has 0 atom stereocenters. The summed E-state index contributed by atoms with van der Waals surface area (Å²) < 4.78 is 8.27. The van der Waals surface area contributed by atoms with Crippen molar-refractivity contribution in [3.63, 3.8) is 0 Å². The van der Waals surface area contributed by atoms with Crippen LogP contribution in [0.5, 0.6) is 11.5 Å². The quantitative estimate of drug-likeness (QED) is 0.235. The second-order valence-electron chi connectivity index (χ2n) is 6.55. The van der Waals surface area contributed by atoms with E-state index in [9.17, 15) is 14.9 Å². The van der Waals surface area contributed by atoms with Crippen molar-refractivity contribution in [1.29, 1.82) is 0 Å². The SMILES string of the molecule is C=CCn1c(=NC(=O)c2cccc(Oc3ccccc3)c2)sc2cc([N+](=O)[O-])ccc21. The van der Waals surface area contributed by atoms with Crippen LogP contribution in [0.15, 0.2) is 90.4 Å². The van der Waals surface area contributed by atoms with E-state index < -0.39 is 10.8 Å². The van der Waals surface area contributed by atoms with Gasteiger partial charge in [-0.05, 0) is 36.4 Å². The summed E-state index contributed by atoms with van der Waals surface area (Å²) >= 11 is 1.22. The molecule has 31 heavy (non-hydrogen) atoms. The number of carbonyl (C=O) groups excluding carboxylic acids is 1. The lowest BCUT2D eigenvalue weighted by atomic mass is 10.2. The molecular formula is C23H17N3O4S. The Labute approximate surface area is 181 Å². The second-order valence-corrected chi connectivity index (χ2v) is 7.56. The van der Waals surface area contributed by atoms with E-state index in [2.05, 4.69) is 11.6 Å². The monoisotopic (exact) mass is 431 g/mol. The number of nitrogens with zero attached hydrogens (tertiary/aromatic N) is 3. The van der Waals surface area contributed by atoms with E-state index in [1.807, 2.05) is 30.3 Å². The molecular weight excluding hydrogens is 414 g/mol. The van der Waals surface area contributed by atoms with Crippen LogP contribution in [0.25, 0.3) is 10.2 Å². The van der Waals surface area contributed by atoms with Gasteiger partial charge in [-0.3, -0.25) is 14.9 Å². The Hall–Kier alpha value is -4.04. The zero-order valence-electron chi connectivity index (χ0n) is 16.3. The largest absolute Gasteiger partial charge is 0.457 e. The molecule has 0 unspecified atom stereocenters. The predicted molar refractivity (Wildman–Crippen MR) is 120 cm³/mol. The predicted octanol–water partition coefficient (Wildman–Crippen LogP) is 5.33. The molecule has 1 heterocycles. The lowest BCUT2D eigenvalue weighted by Gasteiger charge is -2.06. The number of carbonyl (C=O) groups is 1. The number of thiazole rings is 1. The molecule has 0 radical (unpaired) electrons. The van der Waals surface area contributed by atoms with Crippen LogP contribution in [0.2, 0.25) is 0 Å². The number of hydrogen-bond donors (Lipinski definition) is 0. The molecule has 0 spiro atoms. The van der Waals surface area contributed by atoms with E-state index in [1.54, 1.807) is 41.0 Å². The molecule has 0 bridgehead atoms. The molecule has 0 aliphatic carbocycles. The molecule has 3 aromatic carbocycles. The molecule has 1 aromatic heterocycles. The summed E-state index contributed by atoms with van der Waals surface area (Å²) in [7, 11) is 0. The van der Waals surface area contributed by atoms with Gasteiger partial charge in [0.25, 0.3) is 11.6 Å². The van der Waals surface area contributed by atoms with Crippen LogP contribution in [0.1, 0.15) is 10.4 Å². The number of ether oxygens (including phenoxy) is 1. The minimum atomic E-state index is -0.447. The van der Waals surface area contributed by atoms with Crippen molar-refractivity contribution in [2.45, 2.75) is 6.54 Å². The van der Waals surface area contributed by atoms with Gasteiger partial charge in [-0.2, -0.15) is 4.99 Å². The van der Waals surface area contributed by atoms with E-state index in [0.29, 0.717) is 33.1 Å². The lowest BCUT2D eigenvalue weighted by molar-refractivity contribution is -0.384. The zero-order chi connectivity index (χ0) is 21.8. The Morgan fingerprint density at radius 1 is 1.10 bits per heavy atom. The number of aromatic nitrogens is 1. The Morgan fingerprint density at radius 2 is 1.87 bits per heavy atom. The second kappa shape index (κ2) is 8.76. The number of nitro groups is 1. The van der Waals surface area contributed by atoms with Crippen LogP contribution >= 0.6 is 11.3 Å². The van der Waals surface area contributed by atoms with Crippen LogP contribution < -0.4 is 9.54 Å². The Balaban J connectivity index is 1.71. The molecule has 8 heteroatoms. The number of benzene rings is 3. The fourth-order valence-electron chi connectivity index (χ4n) is 3.03. The van der Waals surface area contributed by atoms with Crippen LogP contribution in [0.4, 0.5) is 5.69 Å². The fourth-order valence-corrected chi connectivity index (χ4v) is 4.11. The molecule has 0 saturated carbocycles.